The van der Waals surface area contributed by atoms with Crippen molar-refractivity contribution in [1.82, 2.24) is 39.0 Å². The molecule has 9 aromatic rings. The molecule has 2 N–H and O–H groups in total. The molecule has 0 fully saturated rings. The first-order valence-corrected chi connectivity index (χ1v) is 16.1. The van der Waals surface area contributed by atoms with Crippen LogP contribution in [0.1, 0.15) is 5.56 Å². The Balaban J connectivity index is 0.000000152. The molecule has 250 valence electrons. The topological polar surface area (TPSA) is 149 Å². The van der Waals surface area contributed by atoms with Crippen LogP contribution in [-0.2, 0) is 13.6 Å². The van der Waals surface area contributed by atoms with Crippen LogP contribution in [0.5, 0.6) is 5.75 Å². The number of imidazole rings is 2. The molecule has 6 aromatic heterocycles. The first-order valence-electron chi connectivity index (χ1n) is 16.1. The summed E-state index contributed by atoms with van der Waals surface area (Å²) in [6.45, 7) is 0.655. The van der Waals surface area contributed by atoms with Gasteiger partial charge in [0.15, 0.2) is 11.5 Å². The van der Waals surface area contributed by atoms with Crippen molar-refractivity contribution in [2.24, 2.45) is 7.05 Å². The summed E-state index contributed by atoms with van der Waals surface area (Å²) in [5, 5.41) is 1.57. The first-order chi connectivity index (χ1) is 25.1. The summed E-state index contributed by atoms with van der Waals surface area (Å²) < 4.78 is 21.2. The molecule has 0 unspecified atom stereocenters. The van der Waals surface area contributed by atoms with Crippen LogP contribution in [0.15, 0.2) is 137 Å². The molecule has 0 bridgehead atoms. The van der Waals surface area contributed by atoms with Crippen molar-refractivity contribution in [1.29, 1.82) is 0 Å². The Bertz CT molecular complexity index is 2540. The maximum absolute atomic E-state index is 6.06. The predicted octanol–water partition coefficient (Wildman–Crippen LogP) is 7.68. The van der Waals surface area contributed by atoms with Gasteiger partial charge in [-0.3, -0.25) is 0 Å². The minimum atomic E-state index is 0.406. The van der Waals surface area contributed by atoms with Crippen LogP contribution in [0.3, 0.4) is 0 Å². The Hall–Kier alpha value is -7.08. The Morgan fingerprint density at radius 1 is 0.686 bits per heavy atom. The number of aryl methyl sites for hydroxylation is 1. The zero-order chi connectivity index (χ0) is 34.7. The number of benzene rings is 3. The minimum Gasteiger partial charge on any atom is -0.497 e. The standard InChI is InChI=1S/C23H18N4O2.C16H13N5O/c1-28-19-9-7-16(8-10-19)13-27-15-26-21(17-5-3-2-4-6-17)22(27)20-11-18-12-24-14-25-23(18)29-20;1-21-9-20-13(10-5-3-2-4-6-10)14(21)12-7-11-15(17)18-8-19-16(11)22-12/h2-12,14-15H,13H2,1H3;2-9H,1H3,(H2,17,18,19). The fraction of sp³-hybridized carbons (Fsp3) is 0.0769. The molecule has 0 saturated heterocycles. The van der Waals surface area contributed by atoms with Gasteiger partial charge in [-0.05, 0) is 29.8 Å². The number of hydrogen-bond acceptors (Lipinski definition) is 10. The van der Waals surface area contributed by atoms with Crippen molar-refractivity contribution >= 4 is 28.0 Å². The fourth-order valence-electron chi connectivity index (χ4n) is 5.92. The van der Waals surface area contributed by atoms with Gasteiger partial charge in [-0.1, -0.05) is 72.8 Å². The number of fused-ring (bicyclic) bond motifs is 2. The average Bonchev–Trinajstić information content (AvgIpc) is 3.98. The molecule has 9 rings (SSSR count). The van der Waals surface area contributed by atoms with Crippen LogP contribution in [0.25, 0.3) is 67.6 Å². The van der Waals surface area contributed by atoms with E-state index in [1.54, 1.807) is 19.6 Å². The summed E-state index contributed by atoms with van der Waals surface area (Å²) in [5.74, 6) is 2.62. The molecule has 0 aliphatic heterocycles. The van der Waals surface area contributed by atoms with E-state index in [4.69, 9.17) is 24.3 Å². The predicted molar refractivity (Wildman–Crippen MR) is 194 cm³/mol. The fourth-order valence-corrected chi connectivity index (χ4v) is 5.92. The SMILES string of the molecule is COc1ccc(Cn2cnc(-c3ccccc3)c2-c2cc3cncnc3o2)cc1.Cn1cnc(-c2ccccc2)c1-c1cc2c(N)ncnc2o1. The average molecular weight is 674 g/mol. The minimum absolute atomic E-state index is 0.406. The van der Waals surface area contributed by atoms with E-state index < -0.39 is 0 Å². The van der Waals surface area contributed by atoms with Crippen molar-refractivity contribution in [3.8, 4) is 51.2 Å². The smallest absolute Gasteiger partial charge is 0.231 e. The molecular weight excluding hydrogens is 642 g/mol. The van der Waals surface area contributed by atoms with Crippen LogP contribution in [-0.4, -0.2) is 46.1 Å². The highest BCUT2D eigenvalue weighted by Gasteiger charge is 2.20. The van der Waals surface area contributed by atoms with Crippen LogP contribution >= 0.6 is 0 Å². The van der Waals surface area contributed by atoms with Crippen molar-refractivity contribution in [3.63, 3.8) is 0 Å². The molecule has 51 heavy (non-hydrogen) atoms. The molecule has 12 heteroatoms. The van der Waals surface area contributed by atoms with Crippen molar-refractivity contribution in [2.45, 2.75) is 6.54 Å². The van der Waals surface area contributed by atoms with E-state index in [1.165, 1.54) is 12.7 Å². The second kappa shape index (κ2) is 13.4. The molecule has 0 amide bonds. The molecule has 0 saturated carbocycles. The van der Waals surface area contributed by atoms with Gasteiger partial charge in [0, 0.05) is 30.9 Å². The summed E-state index contributed by atoms with van der Waals surface area (Å²) in [4.78, 5) is 25.6. The van der Waals surface area contributed by atoms with E-state index >= 15 is 0 Å². The van der Waals surface area contributed by atoms with Gasteiger partial charge in [-0.15, -0.1) is 0 Å². The number of aromatic nitrogens is 8. The molecular formula is C39H31N9O3. The van der Waals surface area contributed by atoms with E-state index in [-0.39, 0.29) is 0 Å². The summed E-state index contributed by atoms with van der Waals surface area (Å²) in [6.07, 6.45) is 8.25. The molecule has 0 aliphatic rings. The number of anilines is 1. The van der Waals surface area contributed by atoms with Gasteiger partial charge in [-0.2, -0.15) is 0 Å². The Kier molecular flexibility index (Phi) is 8.22. The molecule has 3 aromatic carbocycles. The lowest BCUT2D eigenvalue weighted by Crippen LogP contribution is -2.00. The zero-order valence-electron chi connectivity index (χ0n) is 27.7. The van der Waals surface area contributed by atoms with Crippen LogP contribution in [0.2, 0.25) is 0 Å². The Morgan fingerprint density at radius 2 is 1.33 bits per heavy atom. The summed E-state index contributed by atoms with van der Waals surface area (Å²) in [5.41, 5.74) is 13.6. The summed E-state index contributed by atoms with van der Waals surface area (Å²) in [7, 11) is 3.59. The number of ether oxygens (including phenoxy) is 1. The second-order valence-corrected chi connectivity index (χ2v) is 11.7. The second-order valence-electron chi connectivity index (χ2n) is 11.7. The lowest BCUT2D eigenvalue weighted by atomic mass is 10.1. The monoisotopic (exact) mass is 673 g/mol. The van der Waals surface area contributed by atoms with Gasteiger partial charge >= 0.3 is 0 Å². The zero-order valence-corrected chi connectivity index (χ0v) is 27.7. The molecule has 0 atom stereocenters. The number of methoxy groups -OCH3 is 1. The van der Waals surface area contributed by atoms with Crippen LogP contribution < -0.4 is 10.5 Å². The maximum atomic E-state index is 6.06. The van der Waals surface area contributed by atoms with E-state index in [2.05, 4.69) is 41.6 Å². The highest BCUT2D eigenvalue weighted by atomic mass is 16.5. The Labute approximate surface area is 291 Å². The quantitative estimate of drug-likeness (QED) is 0.178. The number of furan rings is 2. The van der Waals surface area contributed by atoms with Crippen molar-refractivity contribution < 1.29 is 13.6 Å². The third kappa shape index (κ3) is 6.17. The van der Waals surface area contributed by atoms with Gasteiger partial charge < -0.3 is 28.4 Å². The number of rotatable bonds is 7. The van der Waals surface area contributed by atoms with Crippen molar-refractivity contribution in [2.75, 3.05) is 12.8 Å². The highest BCUT2D eigenvalue weighted by Crippen LogP contribution is 2.36. The maximum Gasteiger partial charge on any atom is 0.231 e. The normalized spacial score (nSPS) is 11.1. The van der Waals surface area contributed by atoms with Gasteiger partial charge in [0.05, 0.1) is 41.9 Å². The summed E-state index contributed by atoms with van der Waals surface area (Å²) in [6, 6.07) is 31.9. The van der Waals surface area contributed by atoms with E-state index in [0.29, 0.717) is 40.7 Å². The third-order valence-electron chi connectivity index (χ3n) is 8.40. The number of hydrogen-bond donors (Lipinski definition) is 1. The van der Waals surface area contributed by atoms with E-state index in [9.17, 15) is 0 Å². The Morgan fingerprint density at radius 3 is 2.02 bits per heavy atom. The van der Waals surface area contributed by atoms with Crippen molar-refractivity contribution in [3.05, 3.63) is 134 Å². The summed E-state index contributed by atoms with van der Waals surface area (Å²) >= 11 is 0. The molecule has 6 heterocycles. The first kappa shape index (κ1) is 31.2. The lowest BCUT2D eigenvalue weighted by molar-refractivity contribution is 0.414. The number of nitrogen functional groups attached to an aromatic ring is 1. The number of nitrogens with zero attached hydrogens (tertiary/aromatic N) is 8. The number of nitrogens with two attached hydrogens (primary N) is 1. The van der Waals surface area contributed by atoms with E-state index in [1.807, 2.05) is 103 Å². The van der Waals surface area contributed by atoms with Crippen LogP contribution in [0.4, 0.5) is 5.82 Å². The molecule has 0 spiro atoms. The van der Waals surface area contributed by atoms with Gasteiger partial charge in [0.25, 0.3) is 0 Å². The van der Waals surface area contributed by atoms with Crippen LogP contribution in [0, 0.1) is 0 Å². The third-order valence-corrected chi connectivity index (χ3v) is 8.40. The van der Waals surface area contributed by atoms with Gasteiger partial charge in [-0.25, -0.2) is 29.9 Å². The van der Waals surface area contributed by atoms with Gasteiger partial charge in [0.1, 0.15) is 35.6 Å². The van der Waals surface area contributed by atoms with E-state index in [0.717, 1.165) is 50.6 Å². The largest absolute Gasteiger partial charge is 0.497 e. The lowest BCUT2D eigenvalue weighted by Gasteiger charge is -2.09. The molecule has 12 nitrogen and oxygen atoms in total. The highest BCUT2D eigenvalue weighted by molar-refractivity contribution is 5.90. The molecule has 0 aliphatic carbocycles. The van der Waals surface area contributed by atoms with Gasteiger partial charge in [0.2, 0.25) is 11.4 Å². The molecule has 0 radical (unpaired) electrons.